The van der Waals surface area contributed by atoms with Gasteiger partial charge in [0.1, 0.15) is 0 Å². The van der Waals surface area contributed by atoms with Crippen molar-refractivity contribution in [2.24, 2.45) is 5.73 Å². The van der Waals surface area contributed by atoms with E-state index in [1.54, 1.807) is 0 Å². The summed E-state index contributed by atoms with van der Waals surface area (Å²) in [6.45, 7) is 0.00448. The molecule has 2 aromatic rings. The van der Waals surface area contributed by atoms with E-state index < -0.39 is 6.04 Å². The third-order valence-electron chi connectivity index (χ3n) is 2.49. The molecule has 96 valence electrons. The van der Waals surface area contributed by atoms with Crippen LogP contribution in [0.5, 0.6) is 0 Å². The van der Waals surface area contributed by atoms with Crippen molar-refractivity contribution >= 4 is 15.9 Å². The zero-order chi connectivity index (χ0) is 13.0. The molecular formula is C12H14BrN3O2. The Morgan fingerprint density at radius 2 is 2.28 bits per heavy atom. The lowest BCUT2D eigenvalue weighted by atomic mass is 10.1. The van der Waals surface area contributed by atoms with Gasteiger partial charge < -0.3 is 15.4 Å². The molecule has 1 heterocycles. The topological polar surface area (TPSA) is 85.2 Å². The first-order chi connectivity index (χ1) is 8.69. The van der Waals surface area contributed by atoms with Crippen molar-refractivity contribution < 1.29 is 9.63 Å². The number of rotatable bonds is 5. The van der Waals surface area contributed by atoms with Crippen molar-refractivity contribution in [1.82, 2.24) is 10.1 Å². The number of nitrogens with two attached hydrogens (primary N) is 1. The predicted molar refractivity (Wildman–Crippen MR) is 69.9 cm³/mol. The molecule has 0 aliphatic rings. The lowest BCUT2D eigenvalue weighted by Crippen LogP contribution is -2.12. The molecule has 6 heteroatoms. The normalized spacial score (nSPS) is 12.6. The van der Waals surface area contributed by atoms with Crippen LogP contribution >= 0.6 is 15.9 Å². The molecule has 0 radical (unpaired) electrons. The van der Waals surface area contributed by atoms with Gasteiger partial charge in [0.05, 0.1) is 6.04 Å². The Labute approximate surface area is 113 Å². The van der Waals surface area contributed by atoms with Crippen LogP contribution in [0.25, 0.3) is 0 Å². The molecule has 3 N–H and O–H groups in total. The Morgan fingerprint density at radius 1 is 1.44 bits per heavy atom. The highest BCUT2D eigenvalue weighted by Gasteiger charge is 2.14. The summed E-state index contributed by atoms with van der Waals surface area (Å²) in [7, 11) is 0. The fourth-order valence-corrected chi connectivity index (χ4v) is 2.03. The molecular weight excluding hydrogens is 298 g/mol. The molecule has 1 aromatic carbocycles. The van der Waals surface area contributed by atoms with E-state index in [4.69, 9.17) is 15.4 Å². The average Bonchev–Trinajstić information content (AvgIpc) is 2.78. The molecule has 0 aliphatic heterocycles. The van der Waals surface area contributed by atoms with Crippen LogP contribution in [0.1, 0.15) is 29.7 Å². The van der Waals surface area contributed by atoms with Crippen LogP contribution in [-0.2, 0) is 6.42 Å². The van der Waals surface area contributed by atoms with Gasteiger partial charge in [0.2, 0.25) is 5.89 Å². The Balaban J connectivity index is 2.06. The summed E-state index contributed by atoms with van der Waals surface area (Å²) in [5.41, 5.74) is 6.86. The first-order valence-corrected chi connectivity index (χ1v) is 6.41. The molecule has 1 aromatic heterocycles. The van der Waals surface area contributed by atoms with Crippen LogP contribution in [-0.4, -0.2) is 21.9 Å². The standard InChI is InChI=1S/C12H14BrN3O2/c13-9-3-1-2-8(6-9)7-11-15-12(18-16-11)10(14)4-5-17/h1-3,6,10,17H,4-5,7,14H2. The summed E-state index contributed by atoms with van der Waals surface area (Å²) in [5, 5.41) is 12.7. The first-order valence-electron chi connectivity index (χ1n) is 5.62. The molecule has 0 spiro atoms. The lowest BCUT2D eigenvalue weighted by Gasteiger charge is -2.01. The summed E-state index contributed by atoms with van der Waals surface area (Å²) in [5.74, 6) is 0.963. The van der Waals surface area contributed by atoms with Crippen molar-refractivity contribution in [1.29, 1.82) is 0 Å². The SMILES string of the molecule is NC(CCO)c1nc(Cc2cccc(Br)c2)no1. The minimum Gasteiger partial charge on any atom is -0.396 e. The molecule has 0 saturated heterocycles. The summed E-state index contributed by atoms with van der Waals surface area (Å²) < 4.78 is 6.09. The summed E-state index contributed by atoms with van der Waals surface area (Å²) in [6, 6.07) is 7.51. The highest BCUT2D eigenvalue weighted by molar-refractivity contribution is 9.10. The number of benzene rings is 1. The van der Waals surface area contributed by atoms with Crippen LogP contribution in [0.2, 0.25) is 0 Å². The number of hydrogen-bond acceptors (Lipinski definition) is 5. The van der Waals surface area contributed by atoms with Gasteiger partial charge in [-0.3, -0.25) is 0 Å². The number of aromatic nitrogens is 2. The molecule has 1 atom stereocenters. The number of aliphatic hydroxyl groups is 1. The maximum absolute atomic E-state index is 8.80. The predicted octanol–water partition coefficient (Wildman–Crippen LogP) is 1.81. The number of halogens is 1. The van der Waals surface area contributed by atoms with E-state index in [0.717, 1.165) is 10.0 Å². The van der Waals surface area contributed by atoms with E-state index in [-0.39, 0.29) is 6.61 Å². The molecule has 2 rings (SSSR count). The van der Waals surface area contributed by atoms with Gasteiger partial charge in [-0.2, -0.15) is 4.98 Å². The van der Waals surface area contributed by atoms with Gasteiger partial charge in [-0.1, -0.05) is 33.2 Å². The van der Waals surface area contributed by atoms with E-state index in [2.05, 4.69) is 26.1 Å². The molecule has 0 aliphatic carbocycles. The van der Waals surface area contributed by atoms with Crippen LogP contribution in [0.3, 0.4) is 0 Å². The fraction of sp³-hybridized carbons (Fsp3) is 0.333. The number of aliphatic hydroxyl groups excluding tert-OH is 1. The van der Waals surface area contributed by atoms with Crippen molar-refractivity contribution in [2.75, 3.05) is 6.61 Å². The molecule has 18 heavy (non-hydrogen) atoms. The highest BCUT2D eigenvalue weighted by atomic mass is 79.9. The molecule has 0 saturated carbocycles. The minimum atomic E-state index is -0.404. The van der Waals surface area contributed by atoms with Crippen LogP contribution in [0, 0.1) is 0 Å². The van der Waals surface area contributed by atoms with Crippen molar-refractivity contribution in [3.8, 4) is 0 Å². The van der Waals surface area contributed by atoms with Crippen LogP contribution in [0.4, 0.5) is 0 Å². The maximum Gasteiger partial charge on any atom is 0.243 e. The smallest absolute Gasteiger partial charge is 0.243 e. The number of hydrogen-bond donors (Lipinski definition) is 2. The van der Waals surface area contributed by atoms with E-state index in [9.17, 15) is 0 Å². The second-order valence-electron chi connectivity index (χ2n) is 3.97. The fourth-order valence-electron chi connectivity index (χ4n) is 1.58. The van der Waals surface area contributed by atoms with Crippen molar-refractivity contribution in [2.45, 2.75) is 18.9 Å². The van der Waals surface area contributed by atoms with Gasteiger partial charge in [-0.25, -0.2) is 0 Å². The van der Waals surface area contributed by atoms with E-state index in [1.807, 2.05) is 24.3 Å². The quantitative estimate of drug-likeness (QED) is 0.879. The van der Waals surface area contributed by atoms with E-state index in [1.165, 1.54) is 0 Å². The zero-order valence-corrected chi connectivity index (χ0v) is 11.3. The Morgan fingerprint density at radius 3 is 3.00 bits per heavy atom. The highest BCUT2D eigenvalue weighted by Crippen LogP contribution is 2.16. The van der Waals surface area contributed by atoms with Gasteiger partial charge in [-0.15, -0.1) is 0 Å². The van der Waals surface area contributed by atoms with Crippen LogP contribution < -0.4 is 5.73 Å². The second kappa shape index (κ2) is 6.08. The second-order valence-corrected chi connectivity index (χ2v) is 4.89. The largest absolute Gasteiger partial charge is 0.396 e. The summed E-state index contributed by atoms with van der Waals surface area (Å²) >= 11 is 3.41. The van der Waals surface area contributed by atoms with Gasteiger partial charge in [0.25, 0.3) is 0 Å². The molecule has 0 bridgehead atoms. The molecule has 0 amide bonds. The van der Waals surface area contributed by atoms with Gasteiger partial charge in [-0.05, 0) is 24.1 Å². The Kier molecular flexibility index (Phi) is 4.46. The van der Waals surface area contributed by atoms with Crippen LogP contribution in [0.15, 0.2) is 33.3 Å². The molecule has 1 unspecified atom stereocenters. The molecule has 5 nitrogen and oxygen atoms in total. The Bertz CT molecular complexity index is 516. The van der Waals surface area contributed by atoms with Gasteiger partial charge >= 0.3 is 0 Å². The van der Waals surface area contributed by atoms with Crippen molar-refractivity contribution in [3.05, 3.63) is 46.0 Å². The van der Waals surface area contributed by atoms with E-state index >= 15 is 0 Å². The lowest BCUT2D eigenvalue weighted by molar-refractivity contribution is 0.259. The third-order valence-corrected chi connectivity index (χ3v) is 2.99. The molecule has 0 fully saturated rings. The van der Waals surface area contributed by atoms with Crippen molar-refractivity contribution in [3.63, 3.8) is 0 Å². The zero-order valence-electron chi connectivity index (χ0n) is 9.71. The average molecular weight is 312 g/mol. The van der Waals surface area contributed by atoms with Gasteiger partial charge in [0.15, 0.2) is 5.82 Å². The number of nitrogens with zero attached hydrogens (tertiary/aromatic N) is 2. The first kappa shape index (κ1) is 13.2. The third kappa shape index (κ3) is 3.38. The summed E-state index contributed by atoms with van der Waals surface area (Å²) in [6.07, 6.45) is 1.01. The Hall–Kier alpha value is -1.24. The maximum atomic E-state index is 8.80. The minimum absolute atomic E-state index is 0.00448. The monoisotopic (exact) mass is 311 g/mol. The van der Waals surface area contributed by atoms with Gasteiger partial charge in [0, 0.05) is 17.5 Å². The summed E-state index contributed by atoms with van der Waals surface area (Å²) in [4.78, 5) is 4.22. The van der Waals surface area contributed by atoms with E-state index in [0.29, 0.717) is 24.6 Å².